The first-order chi connectivity index (χ1) is 10.2. The molecule has 2 aliphatic rings. The van der Waals surface area contributed by atoms with E-state index < -0.39 is 0 Å². The number of ether oxygens (including phenoxy) is 1. The summed E-state index contributed by atoms with van der Waals surface area (Å²) in [6.45, 7) is 0.740. The van der Waals surface area contributed by atoms with Crippen LogP contribution < -0.4 is 4.74 Å². The van der Waals surface area contributed by atoms with Crippen molar-refractivity contribution in [1.82, 2.24) is 4.90 Å². The maximum absolute atomic E-state index is 12.4. The van der Waals surface area contributed by atoms with E-state index in [1.807, 2.05) is 0 Å². The van der Waals surface area contributed by atoms with E-state index in [2.05, 4.69) is 4.99 Å². The second-order valence-electron chi connectivity index (χ2n) is 5.25. The fourth-order valence-electron chi connectivity index (χ4n) is 2.67. The maximum Gasteiger partial charge on any atom is 0.277 e. The highest BCUT2D eigenvalue weighted by Crippen LogP contribution is 2.28. The number of aliphatic imine (C=N–C) groups is 1. The predicted octanol–water partition coefficient (Wildman–Crippen LogP) is 2.56. The van der Waals surface area contributed by atoms with E-state index in [1.165, 1.54) is 6.07 Å². The summed E-state index contributed by atoms with van der Waals surface area (Å²) in [7, 11) is 1.54. The van der Waals surface area contributed by atoms with Crippen LogP contribution in [0, 0.1) is 0 Å². The molecule has 0 atom stereocenters. The molecule has 1 fully saturated rings. The van der Waals surface area contributed by atoms with E-state index >= 15 is 0 Å². The van der Waals surface area contributed by atoms with Crippen LogP contribution in [-0.2, 0) is 4.79 Å². The van der Waals surface area contributed by atoms with Gasteiger partial charge in [-0.05, 0) is 31.1 Å². The van der Waals surface area contributed by atoms with E-state index in [-0.39, 0.29) is 11.7 Å². The first kappa shape index (κ1) is 13.7. The van der Waals surface area contributed by atoms with E-state index in [0.29, 0.717) is 17.0 Å². The van der Waals surface area contributed by atoms with Crippen LogP contribution >= 0.6 is 0 Å². The lowest BCUT2D eigenvalue weighted by molar-refractivity contribution is -0.122. The molecule has 2 heterocycles. The molecule has 1 aromatic rings. The monoisotopic (exact) mass is 286 g/mol. The molecular weight excluding hydrogens is 268 g/mol. The third-order valence-electron chi connectivity index (χ3n) is 3.84. The van der Waals surface area contributed by atoms with Crippen molar-refractivity contribution in [3.63, 3.8) is 0 Å². The summed E-state index contributed by atoms with van der Waals surface area (Å²) in [5.74, 6) is 1.45. The molecule has 3 rings (SSSR count). The number of hydrogen-bond acceptors (Lipinski definition) is 4. The molecule has 1 saturated heterocycles. The van der Waals surface area contributed by atoms with Crippen LogP contribution in [-0.4, -0.2) is 35.4 Å². The van der Waals surface area contributed by atoms with Crippen molar-refractivity contribution in [2.75, 3.05) is 13.7 Å². The van der Waals surface area contributed by atoms with E-state index in [1.54, 1.807) is 30.2 Å². The second-order valence-corrected chi connectivity index (χ2v) is 5.25. The highest BCUT2D eigenvalue weighted by molar-refractivity contribution is 6.14. The molecule has 0 spiro atoms. The van der Waals surface area contributed by atoms with Crippen LogP contribution in [0.25, 0.3) is 6.08 Å². The number of benzene rings is 1. The van der Waals surface area contributed by atoms with Gasteiger partial charge < -0.3 is 9.84 Å². The van der Waals surface area contributed by atoms with Gasteiger partial charge in [-0.15, -0.1) is 0 Å². The van der Waals surface area contributed by atoms with Gasteiger partial charge in [-0.25, -0.2) is 4.99 Å². The Morgan fingerprint density at radius 2 is 2.19 bits per heavy atom. The van der Waals surface area contributed by atoms with Gasteiger partial charge in [0.2, 0.25) is 0 Å². The minimum Gasteiger partial charge on any atom is -0.507 e. The second kappa shape index (κ2) is 5.60. The molecule has 5 heteroatoms. The number of nitrogens with zero attached hydrogens (tertiary/aromatic N) is 2. The van der Waals surface area contributed by atoms with Crippen LogP contribution in [0.5, 0.6) is 11.5 Å². The number of phenols is 1. The predicted molar refractivity (Wildman–Crippen MR) is 80.3 cm³/mol. The Morgan fingerprint density at radius 3 is 2.95 bits per heavy atom. The largest absolute Gasteiger partial charge is 0.507 e. The SMILES string of the molecule is COc1ccc(/C=C2\N=C3CCCCCN3C2=O)c(O)c1. The Bertz CT molecular complexity index is 634. The fraction of sp³-hybridized carbons (Fsp3) is 0.375. The van der Waals surface area contributed by atoms with Gasteiger partial charge in [0.25, 0.3) is 5.91 Å². The average Bonchev–Trinajstić information content (AvgIpc) is 2.67. The average molecular weight is 286 g/mol. The molecule has 0 bridgehead atoms. The number of fused-ring (bicyclic) bond motifs is 1. The number of aromatic hydroxyl groups is 1. The van der Waals surface area contributed by atoms with Crippen molar-refractivity contribution in [2.24, 2.45) is 4.99 Å². The lowest BCUT2D eigenvalue weighted by atomic mass is 10.1. The van der Waals surface area contributed by atoms with E-state index in [0.717, 1.165) is 38.1 Å². The van der Waals surface area contributed by atoms with Gasteiger partial charge in [0.1, 0.15) is 23.0 Å². The number of rotatable bonds is 2. The van der Waals surface area contributed by atoms with Crippen molar-refractivity contribution >= 4 is 17.8 Å². The van der Waals surface area contributed by atoms with Crippen molar-refractivity contribution in [1.29, 1.82) is 0 Å². The summed E-state index contributed by atoms with van der Waals surface area (Å²) < 4.78 is 5.05. The summed E-state index contributed by atoms with van der Waals surface area (Å²) in [6.07, 6.45) is 5.72. The Kier molecular flexibility index (Phi) is 3.64. The van der Waals surface area contributed by atoms with Crippen LogP contribution in [0.1, 0.15) is 31.2 Å². The van der Waals surface area contributed by atoms with Gasteiger partial charge >= 0.3 is 0 Å². The summed E-state index contributed by atoms with van der Waals surface area (Å²) in [4.78, 5) is 18.6. The molecule has 0 unspecified atom stereocenters. The first-order valence-corrected chi connectivity index (χ1v) is 7.17. The van der Waals surface area contributed by atoms with E-state index in [4.69, 9.17) is 4.74 Å². The summed E-state index contributed by atoms with van der Waals surface area (Å²) in [5.41, 5.74) is 0.966. The van der Waals surface area contributed by atoms with Crippen LogP contribution in [0.15, 0.2) is 28.9 Å². The number of hydrogen-bond donors (Lipinski definition) is 1. The number of methoxy groups -OCH3 is 1. The van der Waals surface area contributed by atoms with Gasteiger partial charge in [-0.1, -0.05) is 6.42 Å². The van der Waals surface area contributed by atoms with Crippen molar-refractivity contribution in [3.8, 4) is 11.5 Å². The molecule has 0 radical (unpaired) electrons. The highest BCUT2D eigenvalue weighted by atomic mass is 16.5. The Morgan fingerprint density at radius 1 is 1.33 bits per heavy atom. The quantitative estimate of drug-likeness (QED) is 0.850. The van der Waals surface area contributed by atoms with Crippen molar-refractivity contribution in [2.45, 2.75) is 25.7 Å². The molecule has 0 aromatic heterocycles. The third kappa shape index (κ3) is 2.63. The summed E-state index contributed by atoms with van der Waals surface area (Å²) in [5, 5.41) is 9.97. The lowest BCUT2D eigenvalue weighted by Gasteiger charge is -2.14. The topological polar surface area (TPSA) is 62.1 Å². The van der Waals surface area contributed by atoms with Crippen LogP contribution in [0.4, 0.5) is 0 Å². The number of carbonyl (C=O) groups is 1. The fourth-order valence-corrected chi connectivity index (χ4v) is 2.67. The molecule has 21 heavy (non-hydrogen) atoms. The van der Waals surface area contributed by atoms with E-state index in [9.17, 15) is 9.90 Å². The molecule has 0 saturated carbocycles. The molecule has 0 aliphatic carbocycles. The van der Waals surface area contributed by atoms with Gasteiger partial charge in [0.15, 0.2) is 0 Å². The molecular formula is C16H18N2O3. The lowest BCUT2D eigenvalue weighted by Crippen LogP contribution is -2.31. The molecule has 1 N–H and O–H groups in total. The molecule has 5 nitrogen and oxygen atoms in total. The number of amides is 1. The van der Waals surface area contributed by atoms with Gasteiger partial charge in [-0.3, -0.25) is 9.69 Å². The Balaban J connectivity index is 1.91. The number of amidine groups is 1. The molecule has 110 valence electrons. The smallest absolute Gasteiger partial charge is 0.277 e. The first-order valence-electron chi connectivity index (χ1n) is 7.17. The molecule has 1 aromatic carbocycles. The van der Waals surface area contributed by atoms with Crippen LogP contribution in [0.2, 0.25) is 0 Å². The minimum absolute atomic E-state index is 0.0675. The minimum atomic E-state index is -0.0675. The zero-order valence-corrected chi connectivity index (χ0v) is 12.0. The zero-order chi connectivity index (χ0) is 14.8. The van der Waals surface area contributed by atoms with Gasteiger partial charge in [0, 0.05) is 24.6 Å². The molecule has 1 amide bonds. The number of carbonyl (C=O) groups excluding carboxylic acids is 1. The maximum atomic E-state index is 12.4. The van der Waals surface area contributed by atoms with Crippen LogP contribution in [0.3, 0.4) is 0 Å². The standard InChI is InChI=1S/C16H18N2O3/c1-21-12-7-6-11(14(19)10-12)9-13-16(20)18-8-4-2-3-5-15(18)17-13/h6-7,9-10,19H,2-5,8H2,1H3/b13-9-. The summed E-state index contributed by atoms with van der Waals surface area (Å²) in [6, 6.07) is 4.99. The van der Waals surface area contributed by atoms with Crippen molar-refractivity contribution in [3.05, 3.63) is 29.5 Å². The third-order valence-corrected chi connectivity index (χ3v) is 3.84. The van der Waals surface area contributed by atoms with Gasteiger partial charge in [-0.2, -0.15) is 0 Å². The number of phenolic OH excluding ortho intramolecular Hbond substituents is 1. The normalized spacial score (nSPS) is 20.2. The van der Waals surface area contributed by atoms with Crippen molar-refractivity contribution < 1.29 is 14.6 Å². The Labute approximate surface area is 123 Å². The highest BCUT2D eigenvalue weighted by Gasteiger charge is 2.30. The molecule has 2 aliphatic heterocycles. The summed E-state index contributed by atoms with van der Waals surface area (Å²) >= 11 is 0. The van der Waals surface area contributed by atoms with Gasteiger partial charge in [0.05, 0.1) is 7.11 Å². The zero-order valence-electron chi connectivity index (χ0n) is 12.0. The Hall–Kier alpha value is -2.30.